The van der Waals surface area contributed by atoms with Crippen molar-refractivity contribution in [2.24, 2.45) is 0 Å². The maximum absolute atomic E-state index is 10.4. The Labute approximate surface area is 103 Å². The van der Waals surface area contributed by atoms with Crippen LogP contribution < -0.4 is 29.6 Å². The number of hydrogen-bond acceptors (Lipinski definition) is 5. The van der Waals surface area contributed by atoms with E-state index in [2.05, 4.69) is 0 Å². The van der Waals surface area contributed by atoms with Crippen molar-refractivity contribution in [3.05, 3.63) is 21.9 Å². The molecule has 0 saturated carbocycles. The molecule has 0 aliphatic rings. The van der Waals surface area contributed by atoms with Gasteiger partial charge in [0.25, 0.3) is 0 Å². The zero-order chi connectivity index (χ0) is 9.35. The molecule has 1 aromatic rings. The molecule has 0 aliphatic carbocycles. The first-order chi connectivity index (χ1) is 5.43. The predicted molar refractivity (Wildman–Crippen MR) is 43.7 cm³/mol. The van der Waals surface area contributed by atoms with Gasteiger partial charge < -0.3 is 9.66 Å². The average molecular weight is 230 g/mol. The maximum Gasteiger partial charge on any atom is 1.00 e. The first kappa shape index (κ1) is 13.6. The van der Waals surface area contributed by atoms with Gasteiger partial charge >= 0.3 is 29.6 Å². The van der Waals surface area contributed by atoms with Crippen LogP contribution in [0.2, 0.25) is 0 Å². The van der Waals surface area contributed by atoms with Crippen LogP contribution in [0.15, 0.2) is 11.4 Å². The molecule has 0 amide bonds. The van der Waals surface area contributed by atoms with Gasteiger partial charge in [0.05, 0.1) is 4.88 Å². The largest absolute Gasteiger partial charge is 1.00 e. The summed E-state index contributed by atoms with van der Waals surface area (Å²) in [6.45, 7) is 1.64. The first-order valence-corrected chi connectivity index (χ1v) is 5.45. The second-order valence-corrected chi connectivity index (χ2v) is 4.69. The van der Waals surface area contributed by atoms with Crippen molar-refractivity contribution in [3.8, 4) is 0 Å². The number of aliphatic hydroxyl groups excluding tert-OH is 1. The van der Waals surface area contributed by atoms with Gasteiger partial charge in [0.1, 0.15) is 10.1 Å². The van der Waals surface area contributed by atoms with Gasteiger partial charge in [0.15, 0.2) is 5.44 Å². The van der Waals surface area contributed by atoms with Crippen molar-refractivity contribution in [3.63, 3.8) is 0 Å². The summed E-state index contributed by atoms with van der Waals surface area (Å²) in [6, 6.07) is 1.65. The molecule has 1 heterocycles. The van der Waals surface area contributed by atoms with E-state index in [-0.39, 0.29) is 34.4 Å². The zero-order valence-corrected chi connectivity index (χ0v) is 10.9. The van der Waals surface area contributed by atoms with Crippen LogP contribution in [0.3, 0.4) is 0 Å². The molecule has 0 saturated heterocycles. The van der Waals surface area contributed by atoms with Gasteiger partial charge in [-0.25, -0.2) is 8.42 Å². The van der Waals surface area contributed by atoms with Crippen molar-refractivity contribution in [2.45, 2.75) is 12.4 Å². The summed E-state index contributed by atoms with van der Waals surface area (Å²) < 4.78 is 31.1. The SMILES string of the molecule is Cc1ccsc1C(O)S(=O)(=O)[O-].[Na+]. The van der Waals surface area contributed by atoms with Gasteiger partial charge in [-0.2, -0.15) is 0 Å². The molecule has 7 heteroatoms. The molecule has 1 N–H and O–H groups in total. The molecule has 0 bridgehead atoms. The molecule has 68 valence electrons. The molecule has 1 aromatic heterocycles. The topological polar surface area (TPSA) is 77.4 Å². The molecule has 0 radical (unpaired) electrons. The minimum Gasteiger partial charge on any atom is -0.746 e. The third-order valence-corrected chi connectivity index (χ3v) is 3.40. The standard InChI is InChI=1S/C6H8O4S2.Na/c1-4-2-3-11-5(4)6(7)12(8,9)10;/h2-3,6-7H,1H3,(H,8,9,10);/q;+1/p-1. The van der Waals surface area contributed by atoms with Crippen LogP contribution in [0.5, 0.6) is 0 Å². The summed E-state index contributed by atoms with van der Waals surface area (Å²) in [5, 5.41) is 10.7. The second kappa shape index (κ2) is 4.88. The molecular formula is C6H7NaO4S2. The van der Waals surface area contributed by atoms with Crippen LogP contribution >= 0.6 is 11.3 Å². The Morgan fingerprint density at radius 1 is 1.62 bits per heavy atom. The molecule has 0 spiro atoms. The summed E-state index contributed by atoms with van der Waals surface area (Å²) in [5.41, 5.74) is -1.30. The zero-order valence-electron chi connectivity index (χ0n) is 7.22. The van der Waals surface area contributed by atoms with Crippen LogP contribution in [0.1, 0.15) is 15.9 Å². The van der Waals surface area contributed by atoms with E-state index in [0.29, 0.717) is 5.56 Å². The molecular weight excluding hydrogens is 223 g/mol. The average Bonchev–Trinajstić information content (AvgIpc) is 2.31. The number of thiophene rings is 1. The van der Waals surface area contributed by atoms with Crippen molar-refractivity contribution in [1.82, 2.24) is 0 Å². The number of aryl methyl sites for hydroxylation is 1. The summed E-state index contributed by atoms with van der Waals surface area (Å²) in [7, 11) is -4.63. The normalized spacial score (nSPS) is 13.5. The van der Waals surface area contributed by atoms with Gasteiger partial charge in [-0.05, 0) is 23.9 Å². The second-order valence-electron chi connectivity index (χ2n) is 2.31. The maximum atomic E-state index is 10.4. The van der Waals surface area contributed by atoms with Crippen LogP contribution in [0, 0.1) is 6.92 Å². The Morgan fingerprint density at radius 2 is 2.15 bits per heavy atom. The van der Waals surface area contributed by atoms with E-state index in [1.165, 1.54) is 0 Å². The number of rotatable bonds is 2. The van der Waals surface area contributed by atoms with Gasteiger partial charge in [-0.1, -0.05) is 0 Å². The van der Waals surface area contributed by atoms with E-state index in [9.17, 15) is 13.0 Å². The van der Waals surface area contributed by atoms with E-state index in [1.807, 2.05) is 0 Å². The Kier molecular flexibility index (Phi) is 5.09. The van der Waals surface area contributed by atoms with Gasteiger partial charge in [-0.15, -0.1) is 11.3 Å². The van der Waals surface area contributed by atoms with Crippen molar-refractivity contribution < 1.29 is 47.6 Å². The Bertz CT molecular complexity index is 370. The first-order valence-electron chi connectivity index (χ1n) is 3.09. The van der Waals surface area contributed by atoms with Crippen LogP contribution in [-0.4, -0.2) is 18.1 Å². The smallest absolute Gasteiger partial charge is 0.746 e. The molecule has 4 nitrogen and oxygen atoms in total. The van der Waals surface area contributed by atoms with Gasteiger partial charge in [-0.3, -0.25) is 0 Å². The molecule has 13 heavy (non-hydrogen) atoms. The molecule has 0 fully saturated rings. The van der Waals surface area contributed by atoms with Gasteiger partial charge in [0.2, 0.25) is 0 Å². The molecule has 1 rings (SSSR count). The molecule has 0 aromatic carbocycles. The molecule has 1 unspecified atom stereocenters. The quantitative estimate of drug-likeness (QED) is 0.454. The van der Waals surface area contributed by atoms with Crippen molar-refractivity contribution >= 4 is 21.5 Å². The fraction of sp³-hybridized carbons (Fsp3) is 0.333. The van der Waals surface area contributed by atoms with Crippen molar-refractivity contribution in [2.75, 3.05) is 0 Å². The van der Waals surface area contributed by atoms with E-state index >= 15 is 0 Å². The van der Waals surface area contributed by atoms with E-state index < -0.39 is 15.6 Å². The Morgan fingerprint density at radius 3 is 2.46 bits per heavy atom. The summed E-state index contributed by atoms with van der Waals surface area (Å²) >= 11 is 1.06. The summed E-state index contributed by atoms with van der Waals surface area (Å²) in [6.07, 6.45) is 0. The Balaban J connectivity index is 0.00000144. The number of aliphatic hydroxyl groups is 1. The summed E-state index contributed by atoms with van der Waals surface area (Å²) in [5.74, 6) is 0. The van der Waals surface area contributed by atoms with Crippen LogP contribution in [-0.2, 0) is 10.1 Å². The van der Waals surface area contributed by atoms with Crippen LogP contribution in [0.25, 0.3) is 0 Å². The molecule has 1 atom stereocenters. The van der Waals surface area contributed by atoms with E-state index in [1.54, 1.807) is 18.4 Å². The fourth-order valence-electron chi connectivity index (χ4n) is 0.769. The Hall–Kier alpha value is 0.570. The van der Waals surface area contributed by atoms with Crippen LogP contribution in [0.4, 0.5) is 0 Å². The summed E-state index contributed by atoms with van der Waals surface area (Å²) in [4.78, 5) is 0.199. The molecule has 0 aliphatic heterocycles. The van der Waals surface area contributed by atoms with Crippen molar-refractivity contribution in [1.29, 1.82) is 0 Å². The number of hydrogen-bond donors (Lipinski definition) is 1. The third kappa shape index (κ3) is 3.32. The minimum absolute atomic E-state index is 0. The third-order valence-electron chi connectivity index (χ3n) is 1.40. The van der Waals surface area contributed by atoms with E-state index in [0.717, 1.165) is 11.3 Å². The van der Waals surface area contributed by atoms with E-state index in [4.69, 9.17) is 5.11 Å². The minimum atomic E-state index is -4.63. The monoisotopic (exact) mass is 230 g/mol. The fourth-order valence-corrected chi connectivity index (χ4v) is 2.53. The predicted octanol–water partition coefficient (Wildman–Crippen LogP) is -2.40. The van der Waals surface area contributed by atoms with Gasteiger partial charge in [0, 0.05) is 0 Å².